The Morgan fingerprint density at radius 1 is 1.17 bits per heavy atom. The van der Waals surface area contributed by atoms with E-state index in [9.17, 15) is 9.00 Å². The summed E-state index contributed by atoms with van der Waals surface area (Å²) in [6.45, 7) is 1.47. The summed E-state index contributed by atoms with van der Waals surface area (Å²) < 4.78 is 12.3. The first-order chi connectivity index (χ1) is 11.0. The van der Waals surface area contributed by atoms with Gasteiger partial charge in [-0.1, -0.05) is 23.2 Å². The summed E-state index contributed by atoms with van der Waals surface area (Å²) in [6.07, 6.45) is 0. The zero-order valence-electron chi connectivity index (χ0n) is 12.3. The molecule has 2 rings (SSSR count). The van der Waals surface area contributed by atoms with Crippen LogP contribution in [0.2, 0.25) is 10.0 Å². The highest BCUT2D eigenvalue weighted by Crippen LogP contribution is 2.25. The van der Waals surface area contributed by atoms with Crippen molar-refractivity contribution in [3.05, 3.63) is 52.5 Å². The number of anilines is 1. The molecule has 3 nitrogen and oxygen atoms in total. The van der Waals surface area contributed by atoms with E-state index in [1.165, 1.54) is 6.92 Å². The van der Waals surface area contributed by atoms with Gasteiger partial charge in [-0.2, -0.15) is 0 Å². The topological polar surface area (TPSA) is 46.2 Å². The summed E-state index contributed by atoms with van der Waals surface area (Å²) in [7, 11) is -1.19. The van der Waals surface area contributed by atoms with Crippen molar-refractivity contribution in [1.29, 1.82) is 0 Å². The van der Waals surface area contributed by atoms with Gasteiger partial charge in [0.25, 0.3) is 0 Å². The monoisotopic (exact) mass is 387 g/mol. The van der Waals surface area contributed by atoms with Crippen LogP contribution in [0, 0.1) is 0 Å². The number of carbonyl (C=O) groups excluding carboxylic acids is 1. The van der Waals surface area contributed by atoms with E-state index in [-0.39, 0.29) is 5.91 Å². The lowest BCUT2D eigenvalue weighted by molar-refractivity contribution is -0.114. The molecule has 0 heterocycles. The Morgan fingerprint density at radius 2 is 1.87 bits per heavy atom. The quantitative estimate of drug-likeness (QED) is 0.720. The van der Waals surface area contributed by atoms with Gasteiger partial charge in [-0.05, 0) is 42.5 Å². The highest BCUT2D eigenvalue weighted by atomic mass is 35.5. The number of hydrogen-bond acceptors (Lipinski definition) is 3. The molecule has 0 spiro atoms. The van der Waals surface area contributed by atoms with E-state index in [2.05, 4.69) is 5.32 Å². The van der Waals surface area contributed by atoms with Crippen molar-refractivity contribution < 1.29 is 9.00 Å². The largest absolute Gasteiger partial charge is 0.326 e. The van der Waals surface area contributed by atoms with Gasteiger partial charge in [-0.15, -0.1) is 11.8 Å². The molecule has 0 saturated heterocycles. The summed E-state index contributed by atoms with van der Waals surface area (Å²) in [5.41, 5.74) is 0.760. The van der Waals surface area contributed by atoms with Crippen molar-refractivity contribution in [1.82, 2.24) is 0 Å². The van der Waals surface area contributed by atoms with Crippen molar-refractivity contribution in [2.75, 3.05) is 16.8 Å². The molecule has 23 heavy (non-hydrogen) atoms. The molecule has 2 aromatic carbocycles. The van der Waals surface area contributed by atoms with Crippen LogP contribution in [-0.4, -0.2) is 21.6 Å². The van der Waals surface area contributed by atoms with Crippen LogP contribution in [0.5, 0.6) is 0 Å². The molecule has 0 aromatic heterocycles. The van der Waals surface area contributed by atoms with Gasteiger partial charge in [-0.25, -0.2) is 0 Å². The normalized spacial score (nSPS) is 12.0. The molecule has 1 amide bonds. The molecule has 0 radical (unpaired) electrons. The minimum atomic E-state index is -1.19. The van der Waals surface area contributed by atoms with Crippen molar-refractivity contribution in [3.63, 3.8) is 0 Å². The SMILES string of the molecule is CC(=O)Nc1ccc(SCCS(=O)c2cc(Cl)ccc2Cl)cc1. The number of hydrogen-bond donors (Lipinski definition) is 1. The van der Waals surface area contributed by atoms with Gasteiger partial charge in [0.2, 0.25) is 5.91 Å². The standard InChI is InChI=1S/C16H15Cl2NO2S2/c1-11(20)19-13-3-5-14(6-4-13)22-8-9-23(21)16-10-12(17)2-7-15(16)18/h2-7,10H,8-9H2,1H3,(H,19,20). The Hall–Kier alpha value is -1.01. The van der Waals surface area contributed by atoms with Gasteiger partial charge in [0.1, 0.15) is 0 Å². The minimum Gasteiger partial charge on any atom is -0.326 e. The molecule has 122 valence electrons. The third-order valence-corrected chi connectivity index (χ3v) is 6.20. The summed E-state index contributed by atoms with van der Waals surface area (Å²) in [6, 6.07) is 12.5. The van der Waals surface area contributed by atoms with E-state index in [0.29, 0.717) is 26.4 Å². The van der Waals surface area contributed by atoms with E-state index in [1.54, 1.807) is 30.0 Å². The van der Waals surface area contributed by atoms with Gasteiger partial charge >= 0.3 is 0 Å². The van der Waals surface area contributed by atoms with Gasteiger partial charge in [0.05, 0.1) is 20.7 Å². The first kappa shape index (κ1) is 18.3. The smallest absolute Gasteiger partial charge is 0.221 e. The van der Waals surface area contributed by atoms with Gasteiger partial charge in [-0.3, -0.25) is 9.00 Å². The maximum Gasteiger partial charge on any atom is 0.221 e. The molecule has 1 N–H and O–H groups in total. The fourth-order valence-corrected chi connectivity index (χ4v) is 4.71. The Kier molecular flexibility index (Phi) is 6.96. The van der Waals surface area contributed by atoms with Crippen LogP contribution in [0.1, 0.15) is 6.92 Å². The zero-order chi connectivity index (χ0) is 16.8. The fourth-order valence-electron chi connectivity index (χ4n) is 1.83. The van der Waals surface area contributed by atoms with E-state index in [4.69, 9.17) is 23.2 Å². The van der Waals surface area contributed by atoms with Crippen LogP contribution in [0.4, 0.5) is 5.69 Å². The van der Waals surface area contributed by atoms with Gasteiger partial charge in [0.15, 0.2) is 0 Å². The molecule has 0 saturated carbocycles. The van der Waals surface area contributed by atoms with Crippen LogP contribution in [-0.2, 0) is 15.6 Å². The number of amides is 1. The minimum absolute atomic E-state index is 0.0980. The number of benzene rings is 2. The second-order valence-corrected chi connectivity index (χ2v) is 8.23. The molecular formula is C16H15Cl2NO2S2. The molecule has 0 aliphatic rings. The number of carbonyl (C=O) groups is 1. The molecular weight excluding hydrogens is 373 g/mol. The molecule has 0 aliphatic carbocycles. The molecule has 2 aromatic rings. The third-order valence-electron chi connectivity index (χ3n) is 2.85. The average Bonchev–Trinajstić information content (AvgIpc) is 2.51. The van der Waals surface area contributed by atoms with E-state index < -0.39 is 10.8 Å². The van der Waals surface area contributed by atoms with E-state index in [1.807, 2.05) is 24.3 Å². The van der Waals surface area contributed by atoms with Crippen LogP contribution in [0.15, 0.2) is 52.3 Å². The third kappa shape index (κ3) is 5.84. The Bertz CT molecular complexity index is 721. The molecule has 7 heteroatoms. The maximum absolute atomic E-state index is 12.3. The van der Waals surface area contributed by atoms with Crippen LogP contribution >= 0.6 is 35.0 Å². The molecule has 1 atom stereocenters. The fraction of sp³-hybridized carbons (Fsp3) is 0.188. The second kappa shape index (κ2) is 8.73. The van der Waals surface area contributed by atoms with Crippen LogP contribution in [0.25, 0.3) is 0 Å². The van der Waals surface area contributed by atoms with Crippen molar-refractivity contribution in [2.45, 2.75) is 16.7 Å². The Labute approximate surface area is 152 Å². The summed E-state index contributed by atoms with van der Waals surface area (Å²) in [4.78, 5) is 12.6. The number of rotatable bonds is 6. The number of thioether (sulfide) groups is 1. The number of nitrogens with one attached hydrogen (secondary N) is 1. The maximum atomic E-state index is 12.3. The van der Waals surface area contributed by atoms with E-state index >= 15 is 0 Å². The average molecular weight is 388 g/mol. The van der Waals surface area contributed by atoms with Crippen molar-refractivity contribution in [3.8, 4) is 0 Å². The lowest BCUT2D eigenvalue weighted by Gasteiger charge is -2.06. The second-order valence-electron chi connectivity index (χ2n) is 4.68. The summed E-state index contributed by atoms with van der Waals surface area (Å²) in [5, 5.41) is 3.71. The van der Waals surface area contributed by atoms with Crippen LogP contribution < -0.4 is 5.32 Å². The van der Waals surface area contributed by atoms with Gasteiger partial charge < -0.3 is 5.32 Å². The molecule has 0 fully saturated rings. The van der Waals surface area contributed by atoms with Gasteiger partial charge in [0, 0.05) is 34.0 Å². The van der Waals surface area contributed by atoms with Crippen molar-refractivity contribution >= 4 is 57.4 Å². The van der Waals surface area contributed by atoms with Crippen molar-refractivity contribution in [2.24, 2.45) is 0 Å². The predicted octanol–water partition coefficient (Wildman–Crippen LogP) is 4.85. The Morgan fingerprint density at radius 3 is 2.52 bits per heavy atom. The first-order valence-electron chi connectivity index (χ1n) is 6.79. The summed E-state index contributed by atoms with van der Waals surface area (Å²) in [5.74, 6) is 1.08. The molecule has 1 unspecified atom stereocenters. The molecule has 0 aliphatic heterocycles. The zero-order valence-corrected chi connectivity index (χ0v) is 15.5. The highest BCUT2D eigenvalue weighted by molar-refractivity contribution is 8.00. The van der Waals surface area contributed by atoms with E-state index in [0.717, 1.165) is 10.6 Å². The lowest BCUT2D eigenvalue weighted by atomic mass is 10.3. The highest BCUT2D eigenvalue weighted by Gasteiger charge is 2.09. The molecule has 0 bridgehead atoms. The summed E-state index contributed by atoms with van der Waals surface area (Å²) >= 11 is 13.6. The lowest BCUT2D eigenvalue weighted by Crippen LogP contribution is -2.05. The first-order valence-corrected chi connectivity index (χ1v) is 9.85. The van der Waals surface area contributed by atoms with Crippen LogP contribution in [0.3, 0.4) is 0 Å². The Balaban J connectivity index is 1.88. The number of halogens is 2. The predicted molar refractivity (Wildman–Crippen MR) is 99.2 cm³/mol.